The monoisotopic (exact) mass is 299 g/mol. The van der Waals surface area contributed by atoms with E-state index in [0.29, 0.717) is 25.3 Å². The first-order valence-electron chi connectivity index (χ1n) is 7.44. The lowest BCUT2D eigenvalue weighted by atomic mass is 9.99. The van der Waals surface area contributed by atoms with Crippen molar-refractivity contribution in [3.8, 4) is 0 Å². The zero-order valence-electron chi connectivity index (χ0n) is 12.3. The number of carbonyl (C=O) groups is 1. The molecule has 0 N–H and O–H groups in total. The van der Waals surface area contributed by atoms with Crippen LogP contribution in [0.1, 0.15) is 34.1 Å². The van der Waals surface area contributed by atoms with Crippen LogP contribution in [0.2, 0.25) is 0 Å². The number of rotatable bonds is 1. The Morgan fingerprint density at radius 1 is 1.41 bits per heavy atom. The maximum atomic E-state index is 12.8. The van der Waals surface area contributed by atoms with Crippen LogP contribution in [0.15, 0.2) is 24.7 Å². The molecule has 0 radical (unpaired) electrons. The minimum Gasteiger partial charge on any atom is -0.370 e. The van der Waals surface area contributed by atoms with Gasteiger partial charge in [0.25, 0.3) is 5.91 Å². The number of fused-ring (bicyclic) bond motifs is 3. The molecule has 1 saturated heterocycles. The Hall–Kier alpha value is -2.28. The molecule has 0 aromatic carbocycles. The number of aromatic nitrogens is 4. The molecule has 0 spiro atoms. The Morgan fingerprint density at radius 2 is 2.32 bits per heavy atom. The van der Waals surface area contributed by atoms with Gasteiger partial charge in [0.2, 0.25) is 0 Å². The van der Waals surface area contributed by atoms with E-state index in [0.717, 1.165) is 17.7 Å². The zero-order valence-corrected chi connectivity index (χ0v) is 12.3. The quantitative estimate of drug-likeness (QED) is 0.784. The molecule has 2 aliphatic heterocycles. The van der Waals surface area contributed by atoms with Crippen LogP contribution in [-0.2, 0) is 11.3 Å². The second-order valence-electron chi connectivity index (χ2n) is 5.82. The van der Waals surface area contributed by atoms with E-state index in [2.05, 4.69) is 15.3 Å². The number of amides is 1. The van der Waals surface area contributed by atoms with Gasteiger partial charge in [0.1, 0.15) is 0 Å². The summed E-state index contributed by atoms with van der Waals surface area (Å²) in [4.78, 5) is 18.7. The van der Waals surface area contributed by atoms with Crippen LogP contribution in [0.3, 0.4) is 0 Å². The number of ether oxygens (including phenoxy) is 1. The molecule has 7 nitrogen and oxygen atoms in total. The SMILES string of the molecule is Cc1cnccc1C(=O)N1CC[C@@H]2OCc3cnnn3[C@@H]2C1. The highest BCUT2D eigenvalue weighted by atomic mass is 16.5. The molecule has 0 unspecified atom stereocenters. The summed E-state index contributed by atoms with van der Waals surface area (Å²) < 4.78 is 7.79. The van der Waals surface area contributed by atoms with Crippen molar-refractivity contribution >= 4 is 5.91 Å². The van der Waals surface area contributed by atoms with Crippen molar-refractivity contribution in [1.82, 2.24) is 24.9 Å². The molecule has 2 atom stereocenters. The summed E-state index contributed by atoms with van der Waals surface area (Å²) in [6, 6.07) is 1.83. The molecule has 22 heavy (non-hydrogen) atoms. The number of piperidine rings is 1. The highest BCUT2D eigenvalue weighted by molar-refractivity contribution is 5.95. The summed E-state index contributed by atoms with van der Waals surface area (Å²) in [5.74, 6) is 0.0468. The van der Waals surface area contributed by atoms with Crippen LogP contribution in [0.5, 0.6) is 0 Å². The first-order valence-corrected chi connectivity index (χ1v) is 7.44. The van der Waals surface area contributed by atoms with Gasteiger partial charge in [-0.2, -0.15) is 0 Å². The minimum atomic E-state index is 0.0468. The molecule has 7 heteroatoms. The van der Waals surface area contributed by atoms with Crippen molar-refractivity contribution in [3.63, 3.8) is 0 Å². The Balaban J connectivity index is 1.59. The minimum absolute atomic E-state index is 0.0468. The van der Waals surface area contributed by atoms with Gasteiger partial charge in [-0.3, -0.25) is 9.78 Å². The molecule has 0 bridgehead atoms. The van der Waals surface area contributed by atoms with Crippen LogP contribution < -0.4 is 0 Å². The Bertz CT molecular complexity index is 713. The molecule has 4 rings (SSSR count). The lowest BCUT2D eigenvalue weighted by Crippen LogP contribution is -2.50. The average molecular weight is 299 g/mol. The van der Waals surface area contributed by atoms with Gasteiger partial charge >= 0.3 is 0 Å². The van der Waals surface area contributed by atoms with Gasteiger partial charge in [0.05, 0.1) is 30.6 Å². The normalized spacial score (nSPS) is 23.8. The van der Waals surface area contributed by atoms with E-state index in [-0.39, 0.29) is 18.1 Å². The predicted octanol–water partition coefficient (Wildman–Crippen LogP) is 0.968. The van der Waals surface area contributed by atoms with Crippen LogP contribution in [0, 0.1) is 6.92 Å². The van der Waals surface area contributed by atoms with Gasteiger partial charge in [0, 0.05) is 31.0 Å². The Morgan fingerprint density at radius 3 is 3.18 bits per heavy atom. The molecular formula is C15H17N5O2. The summed E-state index contributed by atoms with van der Waals surface area (Å²) in [5.41, 5.74) is 2.58. The lowest BCUT2D eigenvalue weighted by molar-refractivity contribution is -0.0605. The van der Waals surface area contributed by atoms with E-state index in [1.54, 1.807) is 24.7 Å². The van der Waals surface area contributed by atoms with Crippen LogP contribution >= 0.6 is 0 Å². The standard InChI is InChI=1S/C15H17N5O2/c1-10-6-16-4-2-12(10)15(21)19-5-3-14-13(8-19)20-11(9-22-14)7-17-18-20/h2,4,6-7,13-14H,3,5,8-9H2,1H3/t13-,14+/m1/s1. The first-order chi connectivity index (χ1) is 10.7. The Kier molecular flexibility index (Phi) is 3.15. The van der Waals surface area contributed by atoms with Crippen molar-refractivity contribution in [2.75, 3.05) is 13.1 Å². The third-order valence-electron chi connectivity index (χ3n) is 4.47. The molecule has 2 aromatic rings. The number of aryl methyl sites for hydroxylation is 1. The summed E-state index contributed by atoms with van der Waals surface area (Å²) in [5, 5.41) is 8.12. The summed E-state index contributed by atoms with van der Waals surface area (Å²) in [6.45, 7) is 3.76. The molecule has 1 amide bonds. The van der Waals surface area contributed by atoms with E-state index < -0.39 is 0 Å². The lowest BCUT2D eigenvalue weighted by Gasteiger charge is -2.41. The fourth-order valence-electron chi connectivity index (χ4n) is 3.25. The van der Waals surface area contributed by atoms with E-state index in [1.807, 2.05) is 16.5 Å². The number of pyridine rings is 1. The summed E-state index contributed by atoms with van der Waals surface area (Å²) >= 11 is 0. The molecule has 4 heterocycles. The second-order valence-corrected chi connectivity index (χ2v) is 5.82. The van der Waals surface area contributed by atoms with E-state index in [9.17, 15) is 4.79 Å². The number of hydrogen-bond acceptors (Lipinski definition) is 5. The van der Waals surface area contributed by atoms with Gasteiger partial charge in [0.15, 0.2) is 0 Å². The number of likely N-dealkylation sites (tertiary alicyclic amines) is 1. The predicted molar refractivity (Wildman–Crippen MR) is 77.1 cm³/mol. The molecule has 2 aromatic heterocycles. The van der Waals surface area contributed by atoms with Gasteiger partial charge in [-0.15, -0.1) is 5.10 Å². The molecular weight excluding hydrogens is 282 g/mol. The van der Waals surface area contributed by atoms with Crippen LogP contribution in [-0.4, -0.2) is 50.0 Å². The molecule has 1 fully saturated rings. The van der Waals surface area contributed by atoms with E-state index in [1.165, 1.54) is 0 Å². The van der Waals surface area contributed by atoms with Gasteiger partial charge < -0.3 is 9.64 Å². The molecule has 2 aliphatic rings. The number of hydrogen-bond donors (Lipinski definition) is 0. The van der Waals surface area contributed by atoms with Crippen LogP contribution in [0.25, 0.3) is 0 Å². The number of nitrogens with zero attached hydrogens (tertiary/aromatic N) is 5. The van der Waals surface area contributed by atoms with Crippen molar-refractivity contribution in [1.29, 1.82) is 0 Å². The highest BCUT2D eigenvalue weighted by Gasteiger charge is 2.38. The first kappa shape index (κ1) is 13.4. The number of carbonyl (C=O) groups excluding carboxylic acids is 1. The largest absolute Gasteiger partial charge is 0.370 e. The van der Waals surface area contributed by atoms with Crippen LogP contribution in [0.4, 0.5) is 0 Å². The topological polar surface area (TPSA) is 73.1 Å². The molecule has 0 aliphatic carbocycles. The average Bonchev–Trinajstić information content (AvgIpc) is 3.03. The van der Waals surface area contributed by atoms with E-state index >= 15 is 0 Å². The highest BCUT2D eigenvalue weighted by Crippen LogP contribution is 2.30. The van der Waals surface area contributed by atoms with Crippen molar-refractivity contribution < 1.29 is 9.53 Å². The Labute approximate surface area is 127 Å². The van der Waals surface area contributed by atoms with Crippen molar-refractivity contribution in [2.45, 2.75) is 32.1 Å². The smallest absolute Gasteiger partial charge is 0.254 e. The fraction of sp³-hybridized carbons (Fsp3) is 0.467. The fourth-order valence-corrected chi connectivity index (χ4v) is 3.25. The summed E-state index contributed by atoms with van der Waals surface area (Å²) in [6.07, 6.45) is 6.03. The second kappa shape index (κ2) is 5.17. The van der Waals surface area contributed by atoms with Gasteiger partial charge in [-0.1, -0.05) is 5.21 Å². The summed E-state index contributed by atoms with van der Waals surface area (Å²) in [7, 11) is 0. The van der Waals surface area contributed by atoms with E-state index in [4.69, 9.17) is 4.74 Å². The molecule has 114 valence electrons. The third kappa shape index (κ3) is 2.09. The van der Waals surface area contributed by atoms with Crippen molar-refractivity contribution in [3.05, 3.63) is 41.5 Å². The zero-order chi connectivity index (χ0) is 15.1. The molecule has 0 saturated carbocycles. The third-order valence-corrected chi connectivity index (χ3v) is 4.47. The van der Waals surface area contributed by atoms with Gasteiger partial charge in [-0.25, -0.2) is 4.68 Å². The van der Waals surface area contributed by atoms with Crippen molar-refractivity contribution in [2.24, 2.45) is 0 Å². The maximum absolute atomic E-state index is 12.8. The van der Waals surface area contributed by atoms with Gasteiger partial charge in [-0.05, 0) is 25.0 Å². The maximum Gasteiger partial charge on any atom is 0.254 e.